The smallest absolute Gasteiger partial charge is 0.242 e. The van der Waals surface area contributed by atoms with Gasteiger partial charge in [0, 0.05) is 38.9 Å². The Labute approximate surface area is 132 Å². The minimum Gasteiger partial charge on any atom is -0.385 e. The van der Waals surface area contributed by atoms with Crippen molar-refractivity contribution < 1.29 is 13.2 Å². The third-order valence-corrected chi connectivity index (χ3v) is 5.33. The summed E-state index contributed by atoms with van der Waals surface area (Å²) < 4.78 is 31.3. The molecule has 1 aromatic rings. The second-order valence-electron chi connectivity index (χ2n) is 4.71. The summed E-state index contributed by atoms with van der Waals surface area (Å²) in [5.41, 5.74) is 0.782. The quantitative estimate of drug-likeness (QED) is 0.703. The molecule has 0 bridgehead atoms. The van der Waals surface area contributed by atoms with E-state index in [1.54, 1.807) is 32.4 Å². The number of nitrogens with zero attached hydrogens (tertiary/aromatic N) is 1. The zero-order valence-corrected chi connectivity index (χ0v) is 14.3. The van der Waals surface area contributed by atoms with E-state index in [4.69, 9.17) is 16.3 Å². The zero-order valence-electron chi connectivity index (χ0n) is 12.7. The number of ether oxygens (including phenoxy) is 1. The lowest BCUT2D eigenvalue weighted by molar-refractivity contribution is 0.189. The van der Waals surface area contributed by atoms with Gasteiger partial charge in [-0.2, -0.15) is 0 Å². The largest absolute Gasteiger partial charge is 0.385 e. The number of sulfonamides is 1. The summed E-state index contributed by atoms with van der Waals surface area (Å²) >= 11 is 6.10. The van der Waals surface area contributed by atoms with Crippen LogP contribution in [0, 0.1) is 0 Å². The summed E-state index contributed by atoms with van der Waals surface area (Å²) in [4.78, 5) is 0.264. The molecule has 0 fully saturated rings. The van der Waals surface area contributed by atoms with Crippen LogP contribution in [0.1, 0.15) is 18.9 Å². The van der Waals surface area contributed by atoms with Crippen molar-refractivity contribution in [2.24, 2.45) is 0 Å². The van der Waals surface area contributed by atoms with E-state index in [-0.39, 0.29) is 4.90 Å². The van der Waals surface area contributed by atoms with Gasteiger partial charge in [-0.1, -0.05) is 18.5 Å². The molecule has 0 heterocycles. The second-order valence-corrected chi connectivity index (χ2v) is 7.16. The molecule has 120 valence electrons. The Morgan fingerprint density at radius 3 is 2.71 bits per heavy atom. The molecule has 0 unspecified atom stereocenters. The normalized spacial score (nSPS) is 12.0. The van der Waals surface area contributed by atoms with Crippen LogP contribution in [-0.4, -0.2) is 46.6 Å². The van der Waals surface area contributed by atoms with Crippen molar-refractivity contribution in [2.45, 2.75) is 24.8 Å². The van der Waals surface area contributed by atoms with E-state index >= 15 is 0 Å². The van der Waals surface area contributed by atoms with Gasteiger partial charge in [0.25, 0.3) is 0 Å². The molecular formula is C14H23ClN2O3S. The second kappa shape index (κ2) is 8.70. The van der Waals surface area contributed by atoms with Crippen molar-refractivity contribution in [3.8, 4) is 0 Å². The van der Waals surface area contributed by atoms with Gasteiger partial charge in [-0.3, -0.25) is 0 Å². The average Bonchev–Trinajstić information content (AvgIpc) is 2.46. The van der Waals surface area contributed by atoms with Crippen molar-refractivity contribution in [1.82, 2.24) is 9.62 Å². The molecule has 0 amide bonds. The van der Waals surface area contributed by atoms with Crippen LogP contribution in [0.5, 0.6) is 0 Å². The highest BCUT2D eigenvalue weighted by atomic mass is 35.5. The molecule has 0 aliphatic rings. The lowest BCUT2D eigenvalue weighted by atomic mass is 10.2. The number of methoxy groups -OCH3 is 1. The van der Waals surface area contributed by atoms with Crippen LogP contribution in [0.3, 0.4) is 0 Å². The maximum absolute atomic E-state index is 12.5. The van der Waals surface area contributed by atoms with Crippen molar-refractivity contribution in [1.29, 1.82) is 0 Å². The number of halogens is 1. The molecule has 0 spiro atoms. The van der Waals surface area contributed by atoms with Crippen LogP contribution in [0.4, 0.5) is 0 Å². The van der Waals surface area contributed by atoms with Crippen molar-refractivity contribution >= 4 is 21.6 Å². The lowest BCUT2D eigenvalue weighted by Gasteiger charge is -2.18. The zero-order chi connectivity index (χ0) is 15.9. The summed E-state index contributed by atoms with van der Waals surface area (Å²) in [6.45, 7) is 4.28. The molecule has 0 aliphatic heterocycles. The van der Waals surface area contributed by atoms with E-state index in [0.29, 0.717) is 31.1 Å². The van der Waals surface area contributed by atoms with Crippen LogP contribution in [0.2, 0.25) is 5.02 Å². The summed E-state index contributed by atoms with van der Waals surface area (Å²) in [5, 5.41) is 3.71. The first-order valence-electron chi connectivity index (χ1n) is 6.88. The van der Waals surface area contributed by atoms with E-state index in [0.717, 1.165) is 12.1 Å². The Kier molecular flexibility index (Phi) is 7.62. The minimum absolute atomic E-state index is 0.264. The molecule has 0 radical (unpaired) electrons. The summed E-state index contributed by atoms with van der Waals surface area (Å²) in [6, 6.07) is 4.80. The van der Waals surface area contributed by atoms with E-state index in [9.17, 15) is 8.42 Å². The maximum atomic E-state index is 12.5. The summed E-state index contributed by atoms with van der Waals surface area (Å²) in [6.07, 6.45) is 0.657. The highest BCUT2D eigenvalue weighted by molar-refractivity contribution is 7.89. The molecule has 5 nitrogen and oxygen atoms in total. The van der Waals surface area contributed by atoms with E-state index in [1.807, 2.05) is 6.92 Å². The van der Waals surface area contributed by atoms with E-state index in [1.165, 1.54) is 4.31 Å². The SMILES string of the molecule is CCNCc1cc(S(=O)(=O)N(C)CCCOC)ccc1Cl. The summed E-state index contributed by atoms with van der Waals surface area (Å²) in [5.74, 6) is 0. The molecule has 7 heteroatoms. The van der Waals surface area contributed by atoms with E-state index in [2.05, 4.69) is 5.32 Å². The Balaban J connectivity index is 2.92. The molecule has 1 rings (SSSR count). The van der Waals surface area contributed by atoms with Gasteiger partial charge in [0.2, 0.25) is 10.0 Å². The Hall–Kier alpha value is -0.660. The highest BCUT2D eigenvalue weighted by Gasteiger charge is 2.21. The van der Waals surface area contributed by atoms with Crippen LogP contribution < -0.4 is 5.32 Å². The first-order valence-corrected chi connectivity index (χ1v) is 8.69. The van der Waals surface area contributed by atoms with Crippen LogP contribution >= 0.6 is 11.6 Å². The Morgan fingerprint density at radius 2 is 2.10 bits per heavy atom. The molecule has 21 heavy (non-hydrogen) atoms. The monoisotopic (exact) mass is 334 g/mol. The predicted molar refractivity (Wildman–Crippen MR) is 85.1 cm³/mol. The molecule has 0 atom stereocenters. The van der Waals surface area contributed by atoms with Crippen LogP contribution in [-0.2, 0) is 21.3 Å². The molecule has 0 aromatic heterocycles. The number of rotatable bonds is 9. The molecule has 0 saturated heterocycles. The van der Waals surface area contributed by atoms with Gasteiger partial charge < -0.3 is 10.1 Å². The fourth-order valence-electron chi connectivity index (χ4n) is 1.84. The molecule has 1 aromatic carbocycles. The number of nitrogens with one attached hydrogen (secondary N) is 1. The maximum Gasteiger partial charge on any atom is 0.242 e. The fourth-order valence-corrected chi connectivity index (χ4v) is 3.28. The highest BCUT2D eigenvalue weighted by Crippen LogP contribution is 2.22. The van der Waals surface area contributed by atoms with Gasteiger partial charge in [0.1, 0.15) is 0 Å². The van der Waals surface area contributed by atoms with Gasteiger partial charge in [-0.05, 0) is 36.7 Å². The molecular weight excluding hydrogens is 312 g/mol. The van der Waals surface area contributed by atoms with Crippen LogP contribution in [0.25, 0.3) is 0 Å². The Bertz CT molecular complexity index is 549. The summed E-state index contributed by atoms with van der Waals surface area (Å²) in [7, 11) is -0.321. The molecule has 0 saturated carbocycles. The van der Waals surface area contributed by atoms with Crippen LogP contribution in [0.15, 0.2) is 23.1 Å². The number of benzene rings is 1. The topological polar surface area (TPSA) is 58.6 Å². The minimum atomic E-state index is -3.49. The Morgan fingerprint density at radius 1 is 1.38 bits per heavy atom. The van der Waals surface area contributed by atoms with Crippen molar-refractivity contribution in [2.75, 3.05) is 33.9 Å². The first kappa shape index (κ1) is 18.4. The molecule has 0 aliphatic carbocycles. The number of hydrogen-bond donors (Lipinski definition) is 1. The van der Waals surface area contributed by atoms with Gasteiger partial charge in [-0.15, -0.1) is 0 Å². The van der Waals surface area contributed by atoms with Gasteiger partial charge in [0.15, 0.2) is 0 Å². The average molecular weight is 335 g/mol. The van der Waals surface area contributed by atoms with Crippen molar-refractivity contribution in [3.05, 3.63) is 28.8 Å². The molecule has 1 N–H and O–H groups in total. The third kappa shape index (κ3) is 5.23. The fraction of sp³-hybridized carbons (Fsp3) is 0.571. The van der Waals surface area contributed by atoms with Crippen molar-refractivity contribution in [3.63, 3.8) is 0 Å². The third-order valence-electron chi connectivity index (χ3n) is 3.11. The lowest BCUT2D eigenvalue weighted by Crippen LogP contribution is -2.28. The van der Waals surface area contributed by atoms with Gasteiger partial charge in [0.05, 0.1) is 4.90 Å². The predicted octanol–water partition coefficient (Wildman–Crippen LogP) is 2.11. The van der Waals surface area contributed by atoms with Gasteiger partial charge >= 0.3 is 0 Å². The van der Waals surface area contributed by atoms with Gasteiger partial charge in [-0.25, -0.2) is 12.7 Å². The standard InChI is InChI=1S/C14H23ClN2O3S/c1-4-16-11-12-10-13(6-7-14(12)15)21(18,19)17(2)8-5-9-20-3/h6-7,10,16H,4-5,8-9,11H2,1-3H3. The van der Waals surface area contributed by atoms with E-state index < -0.39 is 10.0 Å². The number of hydrogen-bond acceptors (Lipinski definition) is 4. The first-order chi connectivity index (χ1) is 9.93.